The lowest BCUT2D eigenvalue weighted by Crippen LogP contribution is -2.35. The Balaban J connectivity index is 2.54. The van der Waals surface area contributed by atoms with Crippen LogP contribution in [0.3, 0.4) is 0 Å². The van der Waals surface area contributed by atoms with Gasteiger partial charge in [-0.2, -0.15) is 0 Å². The van der Waals surface area contributed by atoms with Crippen molar-refractivity contribution in [1.29, 1.82) is 0 Å². The average molecular weight is 153 g/mol. The van der Waals surface area contributed by atoms with Crippen LogP contribution in [0, 0.1) is 5.92 Å². The molecule has 0 radical (unpaired) electrons. The third kappa shape index (κ3) is 2.33. The van der Waals surface area contributed by atoms with Gasteiger partial charge >= 0.3 is 0 Å². The Kier molecular flexibility index (Phi) is 3.13. The van der Waals surface area contributed by atoms with Gasteiger partial charge in [-0.1, -0.05) is 19.1 Å². The van der Waals surface area contributed by atoms with Crippen LogP contribution in [0.1, 0.15) is 26.7 Å². The van der Waals surface area contributed by atoms with Crippen LogP contribution in [0.15, 0.2) is 12.2 Å². The van der Waals surface area contributed by atoms with Gasteiger partial charge in [0.05, 0.1) is 0 Å². The Morgan fingerprint density at radius 3 is 2.73 bits per heavy atom. The predicted molar refractivity (Wildman–Crippen MR) is 49.6 cm³/mol. The van der Waals surface area contributed by atoms with E-state index >= 15 is 0 Å². The van der Waals surface area contributed by atoms with E-state index in [1.54, 1.807) is 0 Å². The number of rotatable bonds is 0. The molecular weight excluding hydrogens is 134 g/mol. The van der Waals surface area contributed by atoms with Crippen LogP contribution in [0.2, 0.25) is 0 Å². The van der Waals surface area contributed by atoms with Crippen molar-refractivity contribution in [3.63, 3.8) is 0 Å². The first-order valence-electron chi connectivity index (χ1n) is 4.57. The number of nitrogens with zero attached hydrogens (tertiary/aromatic N) is 1. The Morgan fingerprint density at radius 2 is 2.00 bits per heavy atom. The zero-order valence-corrected chi connectivity index (χ0v) is 7.88. The van der Waals surface area contributed by atoms with Gasteiger partial charge in [0.2, 0.25) is 0 Å². The molecule has 0 amide bonds. The molecule has 0 N–H and O–H groups in total. The predicted octanol–water partition coefficient (Wildman–Crippen LogP) is 2.29. The van der Waals surface area contributed by atoms with Crippen LogP contribution in [-0.2, 0) is 0 Å². The van der Waals surface area contributed by atoms with E-state index in [0.717, 1.165) is 12.0 Å². The van der Waals surface area contributed by atoms with Gasteiger partial charge in [0, 0.05) is 12.6 Å². The van der Waals surface area contributed by atoms with Gasteiger partial charge in [0.25, 0.3) is 0 Å². The Labute approximate surface area is 70.1 Å². The molecule has 0 aromatic heterocycles. The fourth-order valence-corrected chi connectivity index (χ4v) is 1.54. The van der Waals surface area contributed by atoms with E-state index in [2.05, 4.69) is 37.9 Å². The molecule has 2 unspecified atom stereocenters. The summed E-state index contributed by atoms with van der Waals surface area (Å²) in [6.45, 7) is 5.86. The third-order valence-corrected chi connectivity index (χ3v) is 2.84. The second-order valence-electron chi connectivity index (χ2n) is 3.69. The Bertz CT molecular complexity index is 140. The molecule has 11 heavy (non-hydrogen) atoms. The molecule has 0 bridgehead atoms. The van der Waals surface area contributed by atoms with Gasteiger partial charge in [-0.3, -0.25) is 0 Å². The number of hydrogen-bond acceptors (Lipinski definition) is 1. The maximum Gasteiger partial charge on any atom is 0.00925 e. The highest BCUT2D eigenvalue weighted by Gasteiger charge is 2.16. The zero-order chi connectivity index (χ0) is 8.27. The topological polar surface area (TPSA) is 3.24 Å². The minimum absolute atomic E-state index is 0.736. The molecule has 1 nitrogen and oxygen atoms in total. The van der Waals surface area contributed by atoms with Crippen LogP contribution < -0.4 is 0 Å². The van der Waals surface area contributed by atoms with Crippen LogP contribution in [0.4, 0.5) is 0 Å². The van der Waals surface area contributed by atoms with Crippen molar-refractivity contribution in [2.45, 2.75) is 32.7 Å². The van der Waals surface area contributed by atoms with E-state index in [-0.39, 0.29) is 0 Å². The standard InChI is InChI=1S/C10H19N/c1-9-7-5-4-6-8-11(3)10(9)2/h4-5,9-10H,6-8H2,1-3H3/b5-4-. The van der Waals surface area contributed by atoms with Gasteiger partial charge in [-0.05, 0) is 32.7 Å². The lowest BCUT2D eigenvalue weighted by atomic mass is 9.97. The molecule has 64 valence electrons. The third-order valence-electron chi connectivity index (χ3n) is 2.84. The summed E-state index contributed by atoms with van der Waals surface area (Å²) in [5, 5.41) is 0. The van der Waals surface area contributed by atoms with Gasteiger partial charge in [0.15, 0.2) is 0 Å². The summed E-state index contributed by atoms with van der Waals surface area (Å²) in [5.41, 5.74) is 0. The summed E-state index contributed by atoms with van der Waals surface area (Å²) >= 11 is 0. The quantitative estimate of drug-likeness (QED) is 0.483. The summed E-state index contributed by atoms with van der Waals surface area (Å²) in [5.74, 6) is 0.802. The summed E-state index contributed by atoms with van der Waals surface area (Å²) in [4.78, 5) is 2.45. The lowest BCUT2D eigenvalue weighted by Gasteiger charge is -2.30. The molecule has 0 saturated carbocycles. The molecular formula is C10H19N. The van der Waals surface area contributed by atoms with E-state index in [0.29, 0.717) is 0 Å². The van der Waals surface area contributed by atoms with E-state index in [4.69, 9.17) is 0 Å². The molecule has 0 aliphatic carbocycles. The van der Waals surface area contributed by atoms with Gasteiger partial charge < -0.3 is 4.90 Å². The van der Waals surface area contributed by atoms with Crippen molar-refractivity contribution in [3.05, 3.63) is 12.2 Å². The summed E-state index contributed by atoms with van der Waals surface area (Å²) in [7, 11) is 2.22. The molecule has 0 saturated heterocycles. The van der Waals surface area contributed by atoms with Crippen molar-refractivity contribution in [2.24, 2.45) is 5.92 Å². The molecule has 1 aliphatic heterocycles. The Morgan fingerprint density at radius 1 is 1.27 bits per heavy atom. The second-order valence-corrected chi connectivity index (χ2v) is 3.69. The molecule has 1 heterocycles. The van der Waals surface area contributed by atoms with Gasteiger partial charge in [-0.15, -0.1) is 0 Å². The van der Waals surface area contributed by atoms with Crippen molar-refractivity contribution < 1.29 is 0 Å². The smallest absolute Gasteiger partial charge is 0.00925 e. The van der Waals surface area contributed by atoms with Crippen molar-refractivity contribution in [2.75, 3.05) is 13.6 Å². The first-order valence-corrected chi connectivity index (χ1v) is 4.57. The summed E-state index contributed by atoms with van der Waals surface area (Å²) in [6, 6.07) is 0.736. The highest BCUT2D eigenvalue weighted by Crippen LogP contribution is 2.16. The average Bonchev–Trinajstić information content (AvgIpc) is 2.00. The molecule has 0 spiro atoms. The minimum atomic E-state index is 0.736. The van der Waals surface area contributed by atoms with E-state index < -0.39 is 0 Å². The summed E-state index contributed by atoms with van der Waals surface area (Å²) < 4.78 is 0. The molecule has 1 aliphatic rings. The van der Waals surface area contributed by atoms with E-state index in [1.807, 2.05) is 0 Å². The maximum atomic E-state index is 2.45. The zero-order valence-electron chi connectivity index (χ0n) is 7.88. The number of hydrogen-bond donors (Lipinski definition) is 0. The highest BCUT2D eigenvalue weighted by molar-refractivity contribution is 4.89. The van der Waals surface area contributed by atoms with Crippen LogP contribution in [0.5, 0.6) is 0 Å². The van der Waals surface area contributed by atoms with Crippen molar-refractivity contribution in [1.82, 2.24) is 4.90 Å². The minimum Gasteiger partial charge on any atom is -0.303 e. The lowest BCUT2D eigenvalue weighted by molar-refractivity contribution is 0.199. The van der Waals surface area contributed by atoms with Crippen molar-refractivity contribution >= 4 is 0 Å². The van der Waals surface area contributed by atoms with Crippen LogP contribution in [-0.4, -0.2) is 24.5 Å². The SMILES string of the molecule is CC1C/C=C\CCN(C)C1C. The van der Waals surface area contributed by atoms with E-state index in [1.165, 1.54) is 19.4 Å². The normalized spacial score (nSPS) is 37.7. The fraction of sp³-hybridized carbons (Fsp3) is 0.800. The number of allylic oxidation sites excluding steroid dienone is 1. The fourth-order valence-electron chi connectivity index (χ4n) is 1.54. The second kappa shape index (κ2) is 3.91. The van der Waals surface area contributed by atoms with Gasteiger partial charge in [-0.25, -0.2) is 0 Å². The molecule has 0 fully saturated rings. The first kappa shape index (κ1) is 8.79. The Hall–Kier alpha value is -0.300. The van der Waals surface area contributed by atoms with Crippen LogP contribution >= 0.6 is 0 Å². The van der Waals surface area contributed by atoms with E-state index in [9.17, 15) is 0 Å². The first-order chi connectivity index (χ1) is 5.22. The largest absolute Gasteiger partial charge is 0.303 e. The van der Waals surface area contributed by atoms with Crippen molar-refractivity contribution in [3.8, 4) is 0 Å². The van der Waals surface area contributed by atoms with Gasteiger partial charge in [0.1, 0.15) is 0 Å². The monoisotopic (exact) mass is 153 g/mol. The van der Waals surface area contributed by atoms with Crippen LogP contribution in [0.25, 0.3) is 0 Å². The molecule has 0 aromatic rings. The molecule has 1 rings (SSSR count). The molecule has 0 aromatic carbocycles. The maximum absolute atomic E-state index is 2.45. The molecule has 1 heteroatoms. The summed E-state index contributed by atoms with van der Waals surface area (Å²) in [6.07, 6.45) is 7.09. The highest BCUT2D eigenvalue weighted by atomic mass is 15.1. The molecule has 2 atom stereocenters.